The summed E-state index contributed by atoms with van der Waals surface area (Å²) in [6.45, 7) is 10.3. The third-order valence-electron chi connectivity index (χ3n) is 4.81. The largest absolute Gasteiger partial charge is 0.339 e. The first-order valence-corrected chi connectivity index (χ1v) is 8.35. The highest BCUT2D eigenvalue weighted by Gasteiger charge is 2.27. The van der Waals surface area contributed by atoms with E-state index in [1.165, 1.54) is 25.7 Å². The second kappa shape index (κ2) is 7.41. The van der Waals surface area contributed by atoms with E-state index in [-0.39, 0.29) is 0 Å². The summed E-state index contributed by atoms with van der Waals surface area (Å²) < 4.78 is 0. The van der Waals surface area contributed by atoms with E-state index in [1.807, 2.05) is 0 Å². The zero-order valence-corrected chi connectivity index (χ0v) is 13.4. The summed E-state index contributed by atoms with van der Waals surface area (Å²) in [7, 11) is 0. The van der Waals surface area contributed by atoms with E-state index in [9.17, 15) is 4.79 Å². The Morgan fingerprint density at radius 2 is 2.10 bits per heavy atom. The molecule has 0 saturated carbocycles. The molecule has 4 heteroatoms. The molecule has 0 bridgehead atoms. The normalized spacial score (nSPS) is 27.6. The van der Waals surface area contributed by atoms with Gasteiger partial charge in [-0.05, 0) is 59.4 Å². The third kappa shape index (κ3) is 4.19. The van der Waals surface area contributed by atoms with Gasteiger partial charge in [-0.2, -0.15) is 0 Å². The maximum Gasteiger partial charge on any atom is 0.236 e. The molecule has 2 rings (SSSR count). The summed E-state index contributed by atoms with van der Waals surface area (Å²) in [4.78, 5) is 17.0. The SMILES string of the molecule is CC(C)N(CC(=O)N1CCCCC1C)CC1CCCN1. The smallest absolute Gasteiger partial charge is 0.236 e. The standard InChI is InChI=1S/C16H31N3O/c1-13(2)18(11-15-8-6-9-17-15)12-16(20)19-10-5-4-7-14(19)3/h13-15,17H,4-12H2,1-3H3. The first-order valence-electron chi connectivity index (χ1n) is 8.35. The highest BCUT2D eigenvalue weighted by molar-refractivity contribution is 5.78. The van der Waals surface area contributed by atoms with Gasteiger partial charge in [-0.1, -0.05) is 0 Å². The Morgan fingerprint density at radius 1 is 1.30 bits per heavy atom. The Morgan fingerprint density at radius 3 is 2.70 bits per heavy atom. The lowest BCUT2D eigenvalue weighted by Crippen LogP contribution is -2.50. The maximum absolute atomic E-state index is 12.6. The van der Waals surface area contributed by atoms with E-state index in [1.54, 1.807) is 0 Å². The minimum Gasteiger partial charge on any atom is -0.339 e. The van der Waals surface area contributed by atoms with Gasteiger partial charge in [0.15, 0.2) is 0 Å². The van der Waals surface area contributed by atoms with Gasteiger partial charge in [0.05, 0.1) is 6.54 Å². The van der Waals surface area contributed by atoms with Crippen molar-refractivity contribution in [2.75, 3.05) is 26.2 Å². The zero-order chi connectivity index (χ0) is 14.5. The molecule has 1 N–H and O–H groups in total. The fourth-order valence-electron chi connectivity index (χ4n) is 3.39. The van der Waals surface area contributed by atoms with Crippen LogP contribution in [0.2, 0.25) is 0 Å². The van der Waals surface area contributed by atoms with Crippen molar-refractivity contribution in [3.8, 4) is 0 Å². The maximum atomic E-state index is 12.6. The average Bonchev–Trinajstić information content (AvgIpc) is 2.91. The van der Waals surface area contributed by atoms with Crippen LogP contribution < -0.4 is 5.32 Å². The number of hydrogen-bond acceptors (Lipinski definition) is 3. The minimum atomic E-state index is 0.323. The first-order chi connectivity index (χ1) is 9.58. The Labute approximate surface area is 123 Å². The van der Waals surface area contributed by atoms with Gasteiger partial charge in [-0.25, -0.2) is 0 Å². The molecule has 2 atom stereocenters. The third-order valence-corrected chi connectivity index (χ3v) is 4.81. The van der Waals surface area contributed by atoms with Gasteiger partial charge >= 0.3 is 0 Å². The lowest BCUT2D eigenvalue weighted by Gasteiger charge is -2.36. The average molecular weight is 281 g/mol. The van der Waals surface area contributed by atoms with E-state index >= 15 is 0 Å². The van der Waals surface area contributed by atoms with Crippen LogP contribution in [0.4, 0.5) is 0 Å². The van der Waals surface area contributed by atoms with Crippen molar-refractivity contribution in [3.63, 3.8) is 0 Å². The fraction of sp³-hybridized carbons (Fsp3) is 0.938. The molecule has 2 unspecified atom stereocenters. The van der Waals surface area contributed by atoms with Gasteiger partial charge in [0, 0.05) is 31.2 Å². The van der Waals surface area contributed by atoms with Crippen LogP contribution in [0.5, 0.6) is 0 Å². The van der Waals surface area contributed by atoms with E-state index in [0.717, 1.165) is 26.1 Å². The van der Waals surface area contributed by atoms with Crippen molar-refractivity contribution in [2.24, 2.45) is 0 Å². The molecule has 2 fully saturated rings. The molecule has 0 aromatic rings. The number of likely N-dealkylation sites (tertiary alicyclic amines) is 1. The number of hydrogen-bond donors (Lipinski definition) is 1. The molecule has 0 spiro atoms. The summed E-state index contributed by atoms with van der Waals surface area (Å²) in [5, 5.41) is 3.54. The van der Waals surface area contributed by atoms with Crippen LogP contribution in [0.1, 0.15) is 52.9 Å². The van der Waals surface area contributed by atoms with E-state index < -0.39 is 0 Å². The molecule has 4 nitrogen and oxygen atoms in total. The molecule has 0 radical (unpaired) electrons. The van der Waals surface area contributed by atoms with Crippen molar-refractivity contribution in [2.45, 2.75) is 71.0 Å². The zero-order valence-electron chi connectivity index (χ0n) is 13.4. The molecule has 2 aliphatic heterocycles. The Hall–Kier alpha value is -0.610. The lowest BCUT2D eigenvalue weighted by molar-refractivity contribution is -0.136. The van der Waals surface area contributed by atoms with Crippen LogP contribution in [0.3, 0.4) is 0 Å². The van der Waals surface area contributed by atoms with Crippen LogP contribution in [-0.4, -0.2) is 60.0 Å². The van der Waals surface area contributed by atoms with Gasteiger partial charge in [0.25, 0.3) is 0 Å². The predicted molar refractivity (Wildman–Crippen MR) is 82.8 cm³/mol. The second-order valence-corrected chi connectivity index (χ2v) is 6.75. The van der Waals surface area contributed by atoms with Crippen LogP contribution >= 0.6 is 0 Å². The fourth-order valence-corrected chi connectivity index (χ4v) is 3.39. The second-order valence-electron chi connectivity index (χ2n) is 6.75. The Bertz CT molecular complexity index is 313. The number of rotatable bonds is 5. The van der Waals surface area contributed by atoms with Crippen LogP contribution in [0.25, 0.3) is 0 Å². The number of piperidine rings is 1. The van der Waals surface area contributed by atoms with Crippen LogP contribution in [-0.2, 0) is 4.79 Å². The van der Waals surface area contributed by atoms with Gasteiger partial charge in [0.2, 0.25) is 5.91 Å². The topological polar surface area (TPSA) is 35.6 Å². The van der Waals surface area contributed by atoms with E-state index in [2.05, 4.69) is 35.9 Å². The highest BCUT2D eigenvalue weighted by atomic mass is 16.2. The quantitative estimate of drug-likeness (QED) is 0.835. The van der Waals surface area contributed by atoms with Crippen molar-refractivity contribution < 1.29 is 4.79 Å². The highest BCUT2D eigenvalue weighted by Crippen LogP contribution is 2.17. The lowest BCUT2D eigenvalue weighted by atomic mass is 10.0. The van der Waals surface area contributed by atoms with Crippen LogP contribution in [0, 0.1) is 0 Å². The molecule has 1 amide bonds. The van der Waals surface area contributed by atoms with Gasteiger partial charge in [0.1, 0.15) is 0 Å². The molecule has 0 aromatic carbocycles. The molecule has 0 aromatic heterocycles. The van der Waals surface area contributed by atoms with Gasteiger partial charge in [-0.3, -0.25) is 9.69 Å². The van der Waals surface area contributed by atoms with Gasteiger partial charge < -0.3 is 10.2 Å². The summed E-state index contributed by atoms with van der Waals surface area (Å²) in [5.41, 5.74) is 0. The Kier molecular flexibility index (Phi) is 5.85. The molecular formula is C16H31N3O. The molecule has 0 aliphatic carbocycles. The minimum absolute atomic E-state index is 0.323. The van der Waals surface area contributed by atoms with E-state index in [4.69, 9.17) is 0 Å². The molecule has 116 valence electrons. The molecule has 2 saturated heterocycles. The van der Waals surface area contributed by atoms with Crippen molar-refractivity contribution in [1.82, 2.24) is 15.1 Å². The number of carbonyl (C=O) groups excluding carboxylic acids is 1. The van der Waals surface area contributed by atoms with Crippen molar-refractivity contribution in [1.29, 1.82) is 0 Å². The molecule has 2 aliphatic rings. The summed E-state index contributed by atoms with van der Waals surface area (Å²) in [5.74, 6) is 0.323. The molecule has 20 heavy (non-hydrogen) atoms. The molecule has 2 heterocycles. The summed E-state index contributed by atoms with van der Waals surface area (Å²) in [6, 6.07) is 1.43. The Balaban J connectivity index is 1.87. The first kappa shape index (κ1) is 15.8. The summed E-state index contributed by atoms with van der Waals surface area (Å²) >= 11 is 0. The number of nitrogens with one attached hydrogen (secondary N) is 1. The summed E-state index contributed by atoms with van der Waals surface area (Å²) in [6.07, 6.45) is 6.12. The van der Waals surface area contributed by atoms with Gasteiger partial charge in [-0.15, -0.1) is 0 Å². The predicted octanol–water partition coefficient (Wildman–Crippen LogP) is 1.85. The number of nitrogens with zero attached hydrogens (tertiary/aromatic N) is 2. The van der Waals surface area contributed by atoms with Crippen molar-refractivity contribution in [3.05, 3.63) is 0 Å². The number of carbonyl (C=O) groups is 1. The van der Waals surface area contributed by atoms with Crippen LogP contribution in [0.15, 0.2) is 0 Å². The number of amides is 1. The van der Waals surface area contributed by atoms with Crippen molar-refractivity contribution >= 4 is 5.91 Å². The monoisotopic (exact) mass is 281 g/mol. The molecular weight excluding hydrogens is 250 g/mol. The van der Waals surface area contributed by atoms with E-state index in [0.29, 0.717) is 30.6 Å².